The van der Waals surface area contributed by atoms with Crippen LogP contribution in [0.5, 0.6) is 0 Å². The highest BCUT2D eigenvalue weighted by Gasteiger charge is 2.40. The van der Waals surface area contributed by atoms with E-state index >= 15 is 0 Å². The summed E-state index contributed by atoms with van der Waals surface area (Å²) in [6, 6.07) is -0.744. The second kappa shape index (κ2) is 28.0. The number of Topliss-reactive ketones (excluding diaryl/α,β-unsaturated/α-hetero) is 1. The standard InChI is InChI=1S/C50H73N5O10S/c1-8-9-16-38(17-11-12-18-39(56)45(50(5,6)7)54-43(58)19-13-10-15-33(2)30-35(4)40-25-20-34(3)48(62)65-40)64-49(63)53-28-14-27-52-42(57)26-29-66-41-31-44(59)55(47(41)61)32-36-21-23-37(24-22-36)46(51)60/h8-13,15,19-20,30,35-38,40-41,45H,14,16-18,21-29,31-32H2,1-7H3,(H2,51,60)(H,52,57)(H,53,63)(H,54,58)/b9-8-,12-11-,15-10-,19-13-,33-30+/t35-,36?,37?,38-,40-,41?,45+/m0/s1. The van der Waals surface area contributed by atoms with E-state index in [1.807, 2.05) is 71.9 Å². The fourth-order valence-corrected chi connectivity index (χ4v) is 8.98. The molecule has 15 nitrogen and oxygen atoms in total. The fourth-order valence-electron chi connectivity index (χ4n) is 7.87. The number of hydrogen-bond acceptors (Lipinski definition) is 11. The van der Waals surface area contributed by atoms with Crippen LogP contribution in [-0.2, 0) is 43.0 Å². The number of hydrogen-bond donors (Lipinski definition) is 4. The average Bonchev–Trinajstić information content (AvgIpc) is 3.52. The van der Waals surface area contributed by atoms with Crippen LogP contribution in [0.25, 0.3) is 0 Å². The molecule has 1 saturated heterocycles. The molecule has 2 heterocycles. The summed E-state index contributed by atoms with van der Waals surface area (Å²) in [5.41, 5.74) is 6.45. The van der Waals surface area contributed by atoms with Crippen molar-refractivity contribution >= 4 is 59.1 Å². The van der Waals surface area contributed by atoms with Crippen LogP contribution in [-0.4, -0.2) is 101 Å². The summed E-state index contributed by atoms with van der Waals surface area (Å²) in [6.45, 7) is 14.2. The molecule has 0 aromatic rings. The van der Waals surface area contributed by atoms with Crippen LogP contribution in [0.1, 0.15) is 119 Å². The molecule has 1 aliphatic carbocycles. The molecule has 0 radical (unpaired) electrons. The van der Waals surface area contributed by atoms with Crippen LogP contribution in [0.3, 0.4) is 0 Å². The maximum Gasteiger partial charge on any atom is 0.407 e. The topological polar surface area (TPSA) is 220 Å². The highest BCUT2D eigenvalue weighted by atomic mass is 32.2. The van der Waals surface area contributed by atoms with Gasteiger partial charge in [0.05, 0.1) is 11.3 Å². The SMILES string of the molecule is C/C=C\C[C@@H](C/C=C\CC(=O)[C@@H](NC(=O)\C=C/C=C\C(C)=C\[C@H](C)[C@@H]1CC=C(C)C(=O)O1)C(C)(C)C)OC(=O)NCCCNC(=O)CCSC1CC(=O)N(CC2CCC(C(N)=O)CC2)C1=O. The van der Waals surface area contributed by atoms with Crippen molar-refractivity contribution in [3.05, 3.63) is 71.9 Å². The van der Waals surface area contributed by atoms with Crippen molar-refractivity contribution in [1.29, 1.82) is 0 Å². The number of alkyl carbamates (subject to hydrolysis) is 1. The first-order chi connectivity index (χ1) is 31.3. The lowest BCUT2D eigenvalue weighted by atomic mass is 9.81. The molecule has 364 valence electrons. The lowest BCUT2D eigenvalue weighted by Crippen LogP contribution is -2.48. The Balaban J connectivity index is 1.33. The summed E-state index contributed by atoms with van der Waals surface area (Å²) in [5, 5.41) is 7.88. The summed E-state index contributed by atoms with van der Waals surface area (Å²) in [7, 11) is 0. The first kappa shape index (κ1) is 55.1. The number of ether oxygens (including phenoxy) is 2. The predicted molar refractivity (Wildman–Crippen MR) is 256 cm³/mol. The maximum absolute atomic E-state index is 13.3. The first-order valence-corrected chi connectivity index (χ1v) is 24.3. The molecule has 16 heteroatoms. The number of nitrogens with one attached hydrogen (secondary N) is 3. The van der Waals surface area contributed by atoms with E-state index in [-0.39, 0.29) is 85.0 Å². The number of carbonyl (C=O) groups is 8. The lowest BCUT2D eigenvalue weighted by molar-refractivity contribution is -0.147. The van der Waals surface area contributed by atoms with E-state index < -0.39 is 34.8 Å². The molecule has 0 spiro atoms. The monoisotopic (exact) mass is 936 g/mol. The molecule has 3 aliphatic rings. The largest absolute Gasteiger partial charge is 0.458 e. The van der Waals surface area contributed by atoms with Crippen molar-refractivity contribution in [2.45, 2.75) is 143 Å². The maximum atomic E-state index is 13.3. The third-order valence-electron chi connectivity index (χ3n) is 11.8. The van der Waals surface area contributed by atoms with Crippen LogP contribution >= 0.6 is 11.8 Å². The van der Waals surface area contributed by atoms with Gasteiger partial charge in [-0.15, -0.1) is 11.8 Å². The third-order valence-corrected chi connectivity index (χ3v) is 13.0. The van der Waals surface area contributed by atoms with Gasteiger partial charge in [0.15, 0.2) is 5.78 Å². The molecule has 0 aromatic heterocycles. The number of esters is 1. The van der Waals surface area contributed by atoms with Crippen LogP contribution < -0.4 is 21.7 Å². The number of nitrogens with zero attached hydrogens (tertiary/aromatic N) is 1. The van der Waals surface area contributed by atoms with Crippen molar-refractivity contribution in [1.82, 2.24) is 20.9 Å². The second-order valence-corrected chi connectivity index (χ2v) is 19.8. The van der Waals surface area contributed by atoms with Crippen LogP contribution in [0, 0.1) is 23.2 Å². The van der Waals surface area contributed by atoms with Gasteiger partial charge in [-0.25, -0.2) is 9.59 Å². The number of amides is 6. The Morgan fingerprint density at radius 3 is 2.33 bits per heavy atom. The van der Waals surface area contributed by atoms with Crippen molar-refractivity contribution in [3.8, 4) is 0 Å². The minimum absolute atomic E-state index is 0.0176. The number of nitrogens with two attached hydrogens (primary N) is 1. The normalized spacial score (nSPS) is 22.1. The van der Waals surface area contributed by atoms with Gasteiger partial charge in [0.1, 0.15) is 12.2 Å². The lowest BCUT2D eigenvalue weighted by Gasteiger charge is -2.29. The molecule has 2 aliphatic heterocycles. The molecule has 0 aromatic carbocycles. The highest BCUT2D eigenvalue weighted by Crippen LogP contribution is 2.32. The Morgan fingerprint density at radius 2 is 1.67 bits per heavy atom. The highest BCUT2D eigenvalue weighted by molar-refractivity contribution is 8.00. The van der Waals surface area contributed by atoms with Gasteiger partial charge < -0.3 is 31.2 Å². The number of primary amides is 1. The van der Waals surface area contributed by atoms with Crippen molar-refractivity contribution < 1.29 is 47.8 Å². The number of thioether (sulfide) groups is 1. The molecule has 3 rings (SSSR count). The van der Waals surface area contributed by atoms with E-state index in [2.05, 4.69) is 16.0 Å². The van der Waals surface area contributed by atoms with Gasteiger partial charge in [-0.3, -0.25) is 33.7 Å². The third kappa shape index (κ3) is 19.7. The van der Waals surface area contributed by atoms with Gasteiger partial charge in [-0.2, -0.15) is 0 Å². The zero-order chi connectivity index (χ0) is 48.8. The number of imide groups is 1. The Hall–Kier alpha value is -5.25. The molecule has 0 bridgehead atoms. The van der Waals surface area contributed by atoms with Gasteiger partial charge in [0, 0.05) is 87.4 Å². The minimum Gasteiger partial charge on any atom is -0.458 e. The number of cyclic esters (lactones) is 1. The molecule has 1 unspecified atom stereocenters. The molecule has 66 heavy (non-hydrogen) atoms. The molecular formula is C50H73N5O10S. The number of ketones is 1. The smallest absolute Gasteiger partial charge is 0.407 e. The summed E-state index contributed by atoms with van der Waals surface area (Å²) in [4.78, 5) is 101. The molecule has 2 fully saturated rings. The minimum atomic E-state index is -0.744. The molecule has 5 N–H and O–H groups in total. The Kier molecular flexibility index (Phi) is 23.4. The molecule has 1 saturated carbocycles. The van der Waals surface area contributed by atoms with E-state index in [0.717, 1.165) is 18.4 Å². The summed E-state index contributed by atoms with van der Waals surface area (Å²) < 4.78 is 11.2. The second-order valence-electron chi connectivity index (χ2n) is 18.5. The summed E-state index contributed by atoms with van der Waals surface area (Å²) in [6.07, 6.45) is 21.7. The van der Waals surface area contributed by atoms with Crippen LogP contribution in [0.2, 0.25) is 0 Å². The van der Waals surface area contributed by atoms with Gasteiger partial charge in [-0.05, 0) is 64.2 Å². The van der Waals surface area contributed by atoms with Crippen LogP contribution in [0.4, 0.5) is 4.79 Å². The van der Waals surface area contributed by atoms with Crippen molar-refractivity contribution in [2.75, 3.05) is 25.4 Å². The van der Waals surface area contributed by atoms with Gasteiger partial charge >= 0.3 is 12.1 Å². The molecule has 6 amide bonds. The number of rotatable bonds is 25. The average molecular weight is 936 g/mol. The fraction of sp³-hybridized carbons (Fsp3) is 0.600. The van der Waals surface area contributed by atoms with Crippen LogP contribution in [0.15, 0.2) is 71.9 Å². The van der Waals surface area contributed by atoms with E-state index in [4.69, 9.17) is 15.2 Å². The summed E-state index contributed by atoms with van der Waals surface area (Å²) >= 11 is 1.31. The quantitative estimate of drug-likeness (QED) is 0.0194. The van der Waals surface area contributed by atoms with Gasteiger partial charge in [-0.1, -0.05) is 88.0 Å². The number of likely N-dealkylation sites (tertiary alicyclic amines) is 1. The van der Waals surface area contributed by atoms with Gasteiger partial charge in [0.25, 0.3) is 0 Å². The Labute approximate surface area is 395 Å². The van der Waals surface area contributed by atoms with Gasteiger partial charge in [0.2, 0.25) is 29.5 Å². The van der Waals surface area contributed by atoms with Crippen molar-refractivity contribution in [3.63, 3.8) is 0 Å². The number of allylic oxidation sites excluding steroid dienone is 6. The molecule has 5 atom stereocenters. The first-order valence-electron chi connectivity index (χ1n) is 23.3. The molecular weight excluding hydrogens is 863 g/mol. The van der Waals surface area contributed by atoms with E-state index in [1.54, 1.807) is 31.2 Å². The zero-order valence-electron chi connectivity index (χ0n) is 39.9. The zero-order valence-corrected chi connectivity index (χ0v) is 40.8. The van der Waals surface area contributed by atoms with E-state index in [1.165, 1.54) is 22.7 Å². The van der Waals surface area contributed by atoms with Crippen molar-refractivity contribution in [2.24, 2.45) is 28.9 Å². The predicted octanol–water partition coefficient (Wildman–Crippen LogP) is 6.49. The Morgan fingerprint density at radius 1 is 0.985 bits per heavy atom. The summed E-state index contributed by atoms with van der Waals surface area (Å²) in [5.74, 6) is -1.31. The number of carbonyl (C=O) groups excluding carboxylic acids is 8. The Bertz CT molecular complexity index is 1910. The van der Waals surface area contributed by atoms with E-state index in [9.17, 15) is 38.4 Å². The van der Waals surface area contributed by atoms with E-state index in [0.29, 0.717) is 62.9 Å².